The summed E-state index contributed by atoms with van der Waals surface area (Å²) in [4.78, 5) is 11.7. The highest BCUT2D eigenvalue weighted by molar-refractivity contribution is 7.91. The second kappa shape index (κ2) is 5.86. The van der Waals surface area contributed by atoms with Crippen molar-refractivity contribution in [3.63, 3.8) is 0 Å². The molecule has 0 radical (unpaired) electrons. The number of benzene rings is 1. The summed E-state index contributed by atoms with van der Waals surface area (Å²) in [5.41, 5.74) is 7.25. The van der Waals surface area contributed by atoms with Gasteiger partial charge in [-0.1, -0.05) is 6.92 Å². The maximum absolute atomic E-state index is 11.7. The van der Waals surface area contributed by atoms with Gasteiger partial charge in [0.15, 0.2) is 9.84 Å². The van der Waals surface area contributed by atoms with Crippen LogP contribution >= 0.6 is 0 Å². The van der Waals surface area contributed by atoms with E-state index in [1.165, 1.54) is 0 Å². The second-order valence-electron chi connectivity index (χ2n) is 3.95. The van der Waals surface area contributed by atoms with Crippen LogP contribution < -0.4 is 5.73 Å². The first-order valence-electron chi connectivity index (χ1n) is 5.59. The Morgan fingerprint density at radius 3 is 2.61 bits per heavy atom. The van der Waals surface area contributed by atoms with E-state index in [9.17, 15) is 13.2 Å². The van der Waals surface area contributed by atoms with Crippen LogP contribution in [0.4, 0.5) is 5.69 Å². The van der Waals surface area contributed by atoms with Crippen LogP contribution in [0.1, 0.15) is 22.8 Å². The third kappa shape index (κ3) is 4.03. The number of sulfone groups is 1. The Bertz CT molecular complexity index is 537. The molecule has 0 amide bonds. The Kier molecular flexibility index (Phi) is 4.72. The lowest BCUT2D eigenvalue weighted by Crippen LogP contribution is -2.17. The fraction of sp³-hybridized carbons (Fsp3) is 0.417. The lowest BCUT2D eigenvalue weighted by Gasteiger charge is -2.07. The van der Waals surface area contributed by atoms with Gasteiger partial charge in [0, 0.05) is 11.4 Å². The molecular weight excluding hydrogens is 254 g/mol. The van der Waals surface area contributed by atoms with Gasteiger partial charge in [-0.05, 0) is 30.7 Å². The molecule has 0 bridgehead atoms. The Morgan fingerprint density at radius 1 is 1.39 bits per heavy atom. The smallest absolute Gasteiger partial charge is 0.338 e. The minimum atomic E-state index is -3.11. The van der Waals surface area contributed by atoms with E-state index in [0.717, 1.165) is 0 Å². The molecule has 2 N–H and O–H groups in total. The lowest BCUT2D eigenvalue weighted by molar-refractivity contribution is 0.0528. The van der Waals surface area contributed by atoms with E-state index < -0.39 is 15.8 Å². The van der Waals surface area contributed by atoms with Gasteiger partial charge < -0.3 is 10.5 Å². The Hall–Kier alpha value is -1.56. The Morgan fingerprint density at radius 2 is 2.06 bits per heavy atom. The van der Waals surface area contributed by atoms with Crippen LogP contribution in [0.5, 0.6) is 0 Å². The molecule has 0 saturated heterocycles. The summed E-state index contributed by atoms with van der Waals surface area (Å²) in [5.74, 6) is -0.631. The van der Waals surface area contributed by atoms with Gasteiger partial charge in [-0.2, -0.15) is 0 Å². The minimum absolute atomic E-state index is 0.0471. The van der Waals surface area contributed by atoms with Crippen molar-refractivity contribution in [1.82, 2.24) is 0 Å². The average Bonchev–Trinajstić information content (AvgIpc) is 2.28. The Balaban J connectivity index is 2.61. The number of esters is 1. The number of nitrogens with two attached hydrogens (primary N) is 1. The number of hydrogen-bond donors (Lipinski definition) is 1. The van der Waals surface area contributed by atoms with Crippen molar-refractivity contribution in [3.8, 4) is 0 Å². The highest BCUT2D eigenvalue weighted by Gasteiger charge is 2.13. The summed E-state index contributed by atoms with van der Waals surface area (Å²) in [6.45, 7) is 3.18. The minimum Gasteiger partial charge on any atom is -0.461 e. The summed E-state index contributed by atoms with van der Waals surface area (Å²) in [6.07, 6.45) is 0. The van der Waals surface area contributed by atoms with Crippen LogP contribution in [-0.4, -0.2) is 32.5 Å². The number of carbonyl (C=O) groups excluding carboxylic acids is 1. The molecular formula is C12H17NO4S. The van der Waals surface area contributed by atoms with Crippen molar-refractivity contribution in [1.29, 1.82) is 0 Å². The van der Waals surface area contributed by atoms with Crippen molar-refractivity contribution >= 4 is 21.5 Å². The maximum Gasteiger partial charge on any atom is 0.338 e. The van der Waals surface area contributed by atoms with Gasteiger partial charge >= 0.3 is 5.97 Å². The number of aryl methyl sites for hydroxylation is 1. The summed E-state index contributed by atoms with van der Waals surface area (Å²) in [6, 6.07) is 4.84. The van der Waals surface area contributed by atoms with Crippen LogP contribution in [0.3, 0.4) is 0 Å². The SMILES string of the molecule is CCS(=O)(=O)CCOC(=O)c1ccc(N)cc1C. The summed E-state index contributed by atoms with van der Waals surface area (Å²) < 4.78 is 27.4. The van der Waals surface area contributed by atoms with E-state index in [-0.39, 0.29) is 18.1 Å². The molecule has 1 aromatic carbocycles. The van der Waals surface area contributed by atoms with Crippen LogP contribution in [0.15, 0.2) is 18.2 Å². The third-order valence-corrected chi connectivity index (χ3v) is 4.21. The number of nitrogen functional groups attached to an aromatic ring is 1. The zero-order chi connectivity index (χ0) is 13.8. The second-order valence-corrected chi connectivity index (χ2v) is 6.42. The van der Waals surface area contributed by atoms with Crippen molar-refractivity contribution in [2.75, 3.05) is 23.8 Å². The van der Waals surface area contributed by atoms with Crippen LogP contribution in [0.2, 0.25) is 0 Å². The fourth-order valence-electron chi connectivity index (χ4n) is 1.40. The fourth-order valence-corrected chi connectivity index (χ4v) is 2.03. The van der Waals surface area contributed by atoms with Crippen LogP contribution in [-0.2, 0) is 14.6 Å². The number of anilines is 1. The summed E-state index contributed by atoms with van der Waals surface area (Å²) in [7, 11) is -3.11. The number of carbonyl (C=O) groups is 1. The van der Waals surface area contributed by atoms with Gasteiger partial charge in [0.2, 0.25) is 0 Å². The van der Waals surface area contributed by atoms with Crippen molar-refractivity contribution in [2.24, 2.45) is 0 Å². The molecule has 5 nitrogen and oxygen atoms in total. The summed E-state index contributed by atoms with van der Waals surface area (Å²) >= 11 is 0. The summed E-state index contributed by atoms with van der Waals surface area (Å²) in [5, 5.41) is 0. The van der Waals surface area contributed by atoms with E-state index in [2.05, 4.69) is 0 Å². The van der Waals surface area contributed by atoms with Crippen LogP contribution in [0, 0.1) is 6.92 Å². The first-order valence-corrected chi connectivity index (χ1v) is 7.41. The topological polar surface area (TPSA) is 86.5 Å². The third-order valence-electron chi connectivity index (χ3n) is 2.54. The average molecular weight is 271 g/mol. The zero-order valence-electron chi connectivity index (χ0n) is 10.5. The predicted molar refractivity (Wildman–Crippen MR) is 70.2 cm³/mol. The van der Waals surface area contributed by atoms with Gasteiger partial charge in [0.25, 0.3) is 0 Å². The van der Waals surface area contributed by atoms with Crippen molar-refractivity contribution < 1.29 is 17.9 Å². The molecule has 0 unspecified atom stereocenters. The lowest BCUT2D eigenvalue weighted by atomic mass is 10.1. The van der Waals surface area contributed by atoms with Gasteiger partial charge in [-0.3, -0.25) is 0 Å². The van der Waals surface area contributed by atoms with Gasteiger partial charge in [-0.15, -0.1) is 0 Å². The molecule has 0 atom stereocenters. The van der Waals surface area contributed by atoms with Gasteiger partial charge in [-0.25, -0.2) is 13.2 Å². The highest BCUT2D eigenvalue weighted by atomic mass is 32.2. The predicted octanol–water partition coefficient (Wildman–Crippen LogP) is 1.17. The normalized spacial score (nSPS) is 11.2. The van der Waals surface area contributed by atoms with E-state index in [4.69, 9.17) is 10.5 Å². The number of ether oxygens (including phenoxy) is 1. The number of hydrogen-bond acceptors (Lipinski definition) is 5. The molecule has 0 heterocycles. The molecule has 0 aliphatic rings. The quantitative estimate of drug-likeness (QED) is 0.641. The van der Waals surface area contributed by atoms with E-state index >= 15 is 0 Å². The first kappa shape index (κ1) is 14.5. The molecule has 18 heavy (non-hydrogen) atoms. The van der Waals surface area contributed by atoms with Crippen molar-refractivity contribution in [3.05, 3.63) is 29.3 Å². The molecule has 1 rings (SSSR count). The molecule has 0 aliphatic carbocycles. The number of rotatable bonds is 5. The molecule has 1 aromatic rings. The standard InChI is InChI=1S/C12H17NO4S/c1-3-18(15,16)7-6-17-12(14)11-5-4-10(13)8-9(11)2/h4-5,8H,3,6-7,13H2,1-2H3. The molecule has 0 aromatic heterocycles. The van der Waals surface area contributed by atoms with Crippen molar-refractivity contribution in [2.45, 2.75) is 13.8 Å². The Labute approximate surface area is 107 Å². The molecule has 0 spiro atoms. The largest absolute Gasteiger partial charge is 0.461 e. The maximum atomic E-state index is 11.7. The zero-order valence-corrected chi connectivity index (χ0v) is 11.3. The molecule has 6 heteroatoms. The van der Waals surface area contributed by atoms with Gasteiger partial charge in [0.1, 0.15) is 6.61 Å². The van der Waals surface area contributed by atoms with Crippen LogP contribution in [0.25, 0.3) is 0 Å². The van der Waals surface area contributed by atoms with E-state index in [1.54, 1.807) is 32.0 Å². The molecule has 100 valence electrons. The molecule has 0 fully saturated rings. The van der Waals surface area contributed by atoms with Gasteiger partial charge in [0.05, 0.1) is 11.3 Å². The molecule has 0 saturated carbocycles. The monoisotopic (exact) mass is 271 g/mol. The molecule has 0 aliphatic heterocycles. The van der Waals surface area contributed by atoms with E-state index in [1.807, 2.05) is 0 Å². The first-order chi connectivity index (χ1) is 8.35. The highest BCUT2D eigenvalue weighted by Crippen LogP contribution is 2.13. The van der Waals surface area contributed by atoms with E-state index in [0.29, 0.717) is 16.8 Å².